The van der Waals surface area contributed by atoms with Crippen molar-refractivity contribution >= 4 is 56.1 Å². The summed E-state index contributed by atoms with van der Waals surface area (Å²) in [5.74, 6) is 0.774. The molecule has 0 unspecified atom stereocenters. The SMILES string of the molecule is CN(C)C(=O)c1cc2cnc(Nc3ccc(-c4csc5c(=O)cc(N6CCOCC6)oc45)cc3O)nc2n1C1CCCC1. The van der Waals surface area contributed by atoms with Gasteiger partial charge in [-0.15, -0.1) is 11.3 Å². The van der Waals surface area contributed by atoms with E-state index in [1.165, 1.54) is 17.4 Å². The number of phenols is 1. The predicted molar refractivity (Wildman–Crippen MR) is 167 cm³/mol. The van der Waals surface area contributed by atoms with Crippen LogP contribution in [0.1, 0.15) is 42.2 Å². The lowest BCUT2D eigenvalue weighted by Crippen LogP contribution is -2.36. The molecule has 4 aromatic heterocycles. The molecule has 7 rings (SSSR count). The highest BCUT2D eigenvalue weighted by molar-refractivity contribution is 7.17. The third-order valence-electron chi connectivity index (χ3n) is 8.20. The second-order valence-electron chi connectivity index (χ2n) is 11.2. The van der Waals surface area contributed by atoms with Crippen molar-refractivity contribution in [2.75, 3.05) is 50.6 Å². The molecule has 1 saturated heterocycles. The molecule has 0 bridgehead atoms. The number of thiophene rings is 1. The summed E-state index contributed by atoms with van der Waals surface area (Å²) in [6.07, 6.45) is 5.94. The molecule has 12 heteroatoms. The van der Waals surface area contributed by atoms with E-state index in [1.807, 2.05) is 22.4 Å². The summed E-state index contributed by atoms with van der Waals surface area (Å²) < 4.78 is 14.3. The van der Waals surface area contributed by atoms with E-state index in [0.717, 1.165) is 42.2 Å². The number of aromatic nitrogens is 3. The van der Waals surface area contributed by atoms with Crippen LogP contribution in [0.2, 0.25) is 0 Å². The Labute approximate surface area is 251 Å². The number of carbonyl (C=O) groups is 1. The van der Waals surface area contributed by atoms with Gasteiger partial charge in [-0.25, -0.2) is 4.98 Å². The van der Waals surface area contributed by atoms with Crippen LogP contribution >= 0.6 is 11.3 Å². The number of phenolic OH excluding ortho intramolecular Hbond substituents is 1. The molecule has 1 aromatic carbocycles. The molecule has 0 spiro atoms. The normalized spacial score (nSPS) is 15.9. The van der Waals surface area contributed by atoms with E-state index in [1.54, 1.807) is 37.3 Å². The minimum Gasteiger partial charge on any atom is -0.506 e. The number of aromatic hydroxyl groups is 1. The summed E-state index contributed by atoms with van der Waals surface area (Å²) in [7, 11) is 3.50. The third-order valence-corrected chi connectivity index (χ3v) is 9.18. The summed E-state index contributed by atoms with van der Waals surface area (Å²) in [5.41, 5.74) is 3.60. The van der Waals surface area contributed by atoms with Crippen molar-refractivity contribution in [3.63, 3.8) is 0 Å². The first-order valence-electron chi connectivity index (χ1n) is 14.5. The van der Waals surface area contributed by atoms with Gasteiger partial charge in [0.05, 0.1) is 18.9 Å². The fourth-order valence-electron chi connectivity index (χ4n) is 5.99. The predicted octanol–water partition coefficient (Wildman–Crippen LogP) is 5.37. The second-order valence-corrected chi connectivity index (χ2v) is 12.1. The van der Waals surface area contributed by atoms with Gasteiger partial charge in [0, 0.05) is 61.8 Å². The zero-order chi connectivity index (χ0) is 29.7. The minimum atomic E-state index is -0.0909. The molecule has 0 radical (unpaired) electrons. The van der Waals surface area contributed by atoms with Gasteiger partial charge in [-0.1, -0.05) is 18.9 Å². The zero-order valence-corrected chi connectivity index (χ0v) is 24.8. The maximum atomic E-state index is 13.0. The summed E-state index contributed by atoms with van der Waals surface area (Å²) in [5, 5.41) is 16.8. The van der Waals surface area contributed by atoms with Crippen molar-refractivity contribution in [3.8, 4) is 16.9 Å². The molecular weight excluding hydrogens is 568 g/mol. The molecule has 1 aliphatic heterocycles. The molecule has 2 aliphatic rings. The number of fused-ring (bicyclic) bond motifs is 2. The van der Waals surface area contributed by atoms with E-state index < -0.39 is 0 Å². The maximum absolute atomic E-state index is 13.0. The van der Waals surface area contributed by atoms with E-state index in [0.29, 0.717) is 65.4 Å². The van der Waals surface area contributed by atoms with Gasteiger partial charge in [0.15, 0.2) is 11.5 Å². The van der Waals surface area contributed by atoms with Crippen molar-refractivity contribution in [1.82, 2.24) is 19.4 Å². The van der Waals surface area contributed by atoms with Crippen LogP contribution in [0.15, 0.2) is 51.1 Å². The monoisotopic (exact) mass is 600 g/mol. The fraction of sp³-hybridized carbons (Fsp3) is 0.355. The largest absolute Gasteiger partial charge is 0.506 e. The Morgan fingerprint density at radius 3 is 2.67 bits per heavy atom. The first-order chi connectivity index (χ1) is 20.9. The first kappa shape index (κ1) is 27.4. The van der Waals surface area contributed by atoms with Crippen LogP contribution in [0.4, 0.5) is 17.5 Å². The Morgan fingerprint density at radius 2 is 1.93 bits per heavy atom. The quantitative estimate of drug-likeness (QED) is 0.248. The van der Waals surface area contributed by atoms with Gasteiger partial charge in [-0.3, -0.25) is 9.59 Å². The molecule has 222 valence electrons. The Balaban J connectivity index is 1.21. The number of hydrogen-bond acceptors (Lipinski definition) is 10. The molecule has 43 heavy (non-hydrogen) atoms. The molecule has 1 amide bonds. The molecule has 5 heterocycles. The van der Waals surface area contributed by atoms with E-state index in [9.17, 15) is 14.7 Å². The number of nitrogens with zero attached hydrogens (tertiary/aromatic N) is 5. The number of anilines is 3. The van der Waals surface area contributed by atoms with E-state index >= 15 is 0 Å². The average Bonchev–Trinajstić information content (AvgIpc) is 3.77. The highest BCUT2D eigenvalue weighted by Crippen LogP contribution is 2.39. The van der Waals surface area contributed by atoms with Crippen LogP contribution in [0.5, 0.6) is 5.75 Å². The number of nitrogens with one attached hydrogen (secondary N) is 1. The Morgan fingerprint density at radius 1 is 1.14 bits per heavy atom. The summed E-state index contributed by atoms with van der Waals surface area (Å²) in [4.78, 5) is 38.8. The number of rotatable bonds is 6. The molecule has 2 N–H and O–H groups in total. The minimum absolute atomic E-state index is 0.00174. The second kappa shape index (κ2) is 11.0. The third kappa shape index (κ3) is 5.00. The number of hydrogen-bond donors (Lipinski definition) is 2. The van der Waals surface area contributed by atoms with Crippen LogP contribution < -0.4 is 15.6 Å². The van der Waals surface area contributed by atoms with Crippen molar-refractivity contribution in [1.29, 1.82) is 0 Å². The van der Waals surface area contributed by atoms with E-state index in [-0.39, 0.29) is 23.1 Å². The fourth-order valence-corrected chi connectivity index (χ4v) is 6.90. The van der Waals surface area contributed by atoms with Gasteiger partial charge in [0.25, 0.3) is 5.91 Å². The lowest BCUT2D eigenvalue weighted by atomic mass is 10.1. The van der Waals surface area contributed by atoms with Gasteiger partial charge >= 0.3 is 0 Å². The number of benzene rings is 1. The van der Waals surface area contributed by atoms with Gasteiger partial charge < -0.3 is 33.9 Å². The summed E-state index contributed by atoms with van der Waals surface area (Å²) in [6, 6.07) is 8.86. The Kier molecular flexibility index (Phi) is 7.02. The summed E-state index contributed by atoms with van der Waals surface area (Å²) in [6.45, 7) is 2.47. The number of morpholine rings is 1. The maximum Gasteiger partial charge on any atom is 0.270 e. The first-order valence-corrected chi connectivity index (χ1v) is 15.3. The standard InChI is InChI=1S/C31H32N6O5S/c1-35(2)30(40)23-13-19-16-32-31(34-29(19)37(23)20-5-3-4-6-20)33-22-8-7-18(14-24(22)38)21-17-43-28-25(39)15-26(42-27(21)28)36-9-11-41-12-10-36/h7-8,13-17,20,38H,3-6,9-12H2,1-2H3,(H,32,33,34). The van der Waals surface area contributed by atoms with E-state index in [2.05, 4.69) is 14.9 Å². The van der Waals surface area contributed by atoms with Crippen LogP contribution in [0.25, 0.3) is 32.4 Å². The van der Waals surface area contributed by atoms with Crippen molar-refractivity contribution in [2.24, 2.45) is 0 Å². The van der Waals surface area contributed by atoms with Crippen molar-refractivity contribution < 1.29 is 19.1 Å². The smallest absolute Gasteiger partial charge is 0.270 e. The molecule has 11 nitrogen and oxygen atoms in total. The van der Waals surface area contributed by atoms with Crippen LogP contribution in [0.3, 0.4) is 0 Å². The van der Waals surface area contributed by atoms with Gasteiger partial charge in [0.1, 0.15) is 21.8 Å². The topological polar surface area (TPSA) is 126 Å². The molecular formula is C31H32N6O5S. The highest BCUT2D eigenvalue weighted by Gasteiger charge is 2.27. The van der Waals surface area contributed by atoms with Crippen LogP contribution in [-0.2, 0) is 4.74 Å². The Bertz CT molecular complexity index is 1900. The number of amides is 1. The van der Waals surface area contributed by atoms with Crippen molar-refractivity contribution in [3.05, 3.63) is 57.8 Å². The lowest BCUT2D eigenvalue weighted by molar-refractivity contribution is 0.0815. The zero-order valence-electron chi connectivity index (χ0n) is 24.0. The highest BCUT2D eigenvalue weighted by atomic mass is 32.1. The summed E-state index contributed by atoms with van der Waals surface area (Å²) >= 11 is 1.33. The lowest BCUT2D eigenvalue weighted by Gasteiger charge is -2.27. The average molecular weight is 601 g/mol. The van der Waals surface area contributed by atoms with Gasteiger partial charge in [-0.2, -0.15) is 4.98 Å². The molecule has 5 aromatic rings. The molecule has 2 fully saturated rings. The molecule has 0 atom stereocenters. The number of carbonyl (C=O) groups excluding carboxylic acids is 1. The van der Waals surface area contributed by atoms with Crippen LogP contribution in [0, 0.1) is 0 Å². The number of ether oxygens (including phenoxy) is 1. The van der Waals surface area contributed by atoms with Crippen molar-refractivity contribution in [2.45, 2.75) is 31.7 Å². The molecule has 1 saturated carbocycles. The molecule has 1 aliphatic carbocycles. The Hall–Kier alpha value is -4.42. The van der Waals surface area contributed by atoms with Gasteiger partial charge in [0.2, 0.25) is 11.4 Å². The van der Waals surface area contributed by atoms with Gasteiger partial charge in [-0.05, 0) is 36.6 Å². The van der Waals surface area contributed by atoms with Crippen LogP contribution in [-0.4, -0.2) is 70.8 Å². The van der Waals surface area contributed by atoms with E-state index in [4.69, 9.17) is 14.1 Å².